The zero-order valence-electron chi connectivity index (χ0n) is 20.1. The molecule has 33 heavy (non-hydrogen) atoms. The van der Waals surface area contributed by atoms with E-state index in [0.29, 0.717) is 12.1 Å². The van der Waals surface area contributed by atoms with Crippen LogP contribution in [0.5, 0.6) is 0 Å². The van der Waals surface area contributed by atoms with Crippen molar-refractivity contribution >= 4 is 16.8 Å². The van der Waals surface area contributed by atoms with Crippen molar-refractivity contribution in [2.75, 3.05) is 26.2 Å². The molecule has 1 amide bonds. The summed E-state index contributed by atoms with van der Waals surface area (Å²) in [7, 11) is 0. The lowest BCUT2D eigenvalue weighted by Crippen LogP contribution is -2.52. The first-order valence-corrected chi connectivity index (χ1v) is 12.9. The second-order valence-electron chi connectivity index (χ2n) is 10.6. The largest absolute Gasteiger partial charge is 0.349 e. The Labute approximate surface area is 196 Å². The summed E-state index contributed by atoms with van der Waals surface area (Å²) in [5.74, 6) is -0.216. The molecule has 1 unspecified atom stereocenters. The molecule has 1 N–H and O–H groups in total. The van der Waals surface area contributed by atoms with Gasteiger partial charge in [0.1, 0.15) is 5.56 Å². The topological polar surface area (TPSA) is 57.6 Å². The van der Waals surface area contributed by atoms with Crippen molar-refractivity contribution in [1.29, 1.82) is 0 Å². The molecular formula is C27H38N4O2. The van der Waals surface area contributed by atoms with Crippen LogP contribution in [0.15, 0.2) is 35.1 Å². The summed E-state index contributed by atoms with van der Waals surface area (Å²) in [6.07, 6.45) is 8.51. The molecule has 2 aromatic rings. The molecule has 0 spiro atoms. The monoisotopic (exact) mass is 450 g/mol. The van der Waals surface area contributed by atoms with E-state index < -0.39 is 0 Å². The molecule has 5 rings (SSSR count). The summed E-state index contributed by atoms with van der Waals surface area (Å²) >= 11 is 0. The van der Waals surface area contributed by atoms with Gasteiger partial charge in [-0.1, -0.05) is 24.6 Å². The van der Waals surface area contributed by atoms with Crippen LogP contribution in [-0.2, 0) is 0 Å². The molecule has 178 valence electrons. The second-order valence-corrected chi connectivity index (χ2v) is 10.6. The van der Waals surface area contributed by atoms with Gasteiger partial charge in [-0.25, -0.2) is 0 Å². The molecule has 3 aliphatic rings. The number of hydrogen-bond donors (Lipinski definition) is 1. The highest BCUT2D eigenvalue weighted by molar-refractivity contribution is 5.97. The summed E-state index contributed by atoms with van der Waals surface area (Å²) in [5, 5.41) is 4.18. The first-order valence-electron chi connectivity index (χ1n) is 12.9. The van der Waals surface area contributed by atoms with E-state index in [9.17, 15) is 9.59 Å². The third-order valence-electron chi connectivity index (χ3n) is 8.05. The van der Waals surface area contributed by atoms with E-state index in [1.165, 1.54) is 51.7 Å². The van der Waals surface area contributed by atoms with Gasteiger partial charge in [-0.2, -0.15) is 0 Å². The normalized spacial score (nSPS) is 26.2. The first kappa shape index (κ1) is 22.6. The van der Waals surface area contributed by atoms with Gasteiger partial charge >= 0.3 is 0 Å². The van der Waals surface area contributed by atoms with E-state index in [1.54, 1.807) is 10.6 Å². The Morgan fingerprint density at radius 1 is 1.03 bits per heavy atom. The average molecular weight is 451 g/mol. The standard InChI is InChI=1S/C27H38N4O2/c1-19(2)31-25-9-5-4-8-20(25)16-24(27(31)33)26(32)28-21-17-22-10-11-23(18-21)30(22)15-14-29-12-6-3-7-13-29/h4-5,8-9,16,19,21-23H,3,6-7,10-15,17-18H2,1-2H3,(H,28,32)/t21?,22-,23+. The number of nitrogens with one attached hydrogen (secondary N) is 1. The van der Waals surface area contributed by atoms with Crippen LogP contribution in [0.25, 0.3) is 10.9 Å². The molecule has 6 heteroatoms. The van der Waals surface area contributed by atoms with Crippen molar-refractivity contribution in [2.24, 2.45) is 0 Å². The fraction of sp³-hybridized carbons (Fsp3) is 0.630. The van der Waals surface area contributed by atoms with Gasteiger partial charge in [0.05, 0.1) is 5.52 Å². The van der Waals surface area contributed by atoms with Gasteiger partial charge in [-0.3, -0.25) is 14.5 Å². The van der Waals surface area contributed by atoms with Gasteiger partial charge in [0.2, 0.25) is 0 Å². The minimum Gasteiger partial charge on any atom is -0.349 e. The Hall–Kier alpha value is -2.18. The van der Waals surface area contributed by atoms with Gasteiger partial charge in [0, 0.05) is 37.3 Å². The van der Waals surface area contributed by atoms with Crippen molar-refractivity contribution in [3.63, 3.8) is 0 Å². The molecule has 6 nitrogen and oxygen atoms in total. The number of nitrogens with zero attached hydrogens (tertiary/aromatic N) is 3. The number of amides is 1. The Morgan fingerprint density at radius 2 is 1.73 bits per heavy atom. The predicted molar refractivity (Wildman–Crippen MR) is 133 cm³/mol. The number of fused-ring (bicyclic) bond motifs is 3. The lowest BCUT2D eigenvalue weighted by atomic mass is 9.96. The van der Waals surface area contributed by atoms with Gasteiger partial charge in [0.25, 0.3) is 11.5 Å². The van der Waals surface area contributed by atoms with Gasteiger partial charge < -0.3 is 14.8 Å². The number of pyridine rings is 1. The molecule has 2 bridgehead atoms. The summed E-state index contributed by atoms with van der Waals surface area (Å²) in [6.45, 7) is 8.82. The van der Waals surface area contributed by atoms with Crippen molar-refractivity contribution < 1.29 is 4.79 Å². The van der Waals surface area contributed by atoms with Crippen LogP contribution in [0.1, 0.15) is 75.2 Å². The zero-order chi connectivity index (χ0) is 22.9. The summed E-state index contributed by atoms with van der Waals surface area (Å²) < 4.78 is 1.75. The van der Waals surface area contributed by atoms with Crippen molar-refractivity contribution in [3.05, 3.63) is 46.2 Å². The van der Waals surface area contributed by atoms with Crippen molar-refractivity contribution in [1.82, 2.24) is 19.7 Å². The Kier molecular flexibility index (Phi) is 6.57. The number of carbonyl (C=O) groups is 1. The maximum absolute atomic E-state index is 13.3. The van der Waals surface area contributed by atoms with E-state index in [2.05, 4.69) is 15.1 Å². The number of benzene rings is 1. The van der Waals surface area contributed by atoms with Crippen LogP contribution in [0.3, 0.4) is 0 Å². The third-order valence-corrected chi connectivity index (χ3v) is 8.05. The lowest BCUT2D eigenvalue weighted by Gasteiger charge is -2.40. The minimum absolute atomic E-state index is 0.00543. The van der Waals surface area contributed by atoms with E-state index in [1.807, 2.05) is 38.1 Å². The molecule has 0 saturated carbocycles. The van der Waals surface area contributed by atoms with Gasteiger partial charge in [-0.05, 0) is 83.0 Å². The lowest BCUT2D eigenvalue weighted by molar-refractivity contribution is 0.0796. The van der Waals surface area contributed by atoms with Crippen LogP contribution < -0.4 is 10.9 Å². The van der Waals surface area contributed by atoms with E-state index in [-0.39, 0.29) is 29.1 Å². The minimum atomic E-state index is -0.216. The Bertz CT molecular complexity index is 1040. The van der Waals surface area contributed by atoms with Crippen LogP contribution in [0, 0.1) is 0 Å². The quantitative estimate of drug-likeness (QED) is 0.728. The third kappa shape index (κ3) is 4.60. The molecule has 3 atom stereocenters. The molecule has 1 aromatic carbocycles. The smallest absolute Gasteiger partial charge is 0.264 e. The number of rotatable bonds is 6. The number of carbonyl (C=O) groups excluding carboxylic acids is 1. The van der Waals surface area contributed by atoms with Crippen LogP contribution in [-0.4, -0.2) is 64.6 Å². The Morgan fingerprint density at radius 3 is 2.42 bits per heavy atom. The molecule has 0 radical (unpaired) electrons. The number of aromatic nitrogens is 1. The highest BCUT2D eigenvalue weighted by atomic mass is 16.2. The van der Waals surface area contributed by atoms with Gasteiger partial charge in [0.15, 0.2) is 0 Å². The fourth-order valence-electron chi connectivity index (χ4n) is 6.42. The van der Waals surface area contributed by atoms with Crippen molar-refractivity contribution in [3.8, 4) is 0 Å². The van der Waals surface area contributed by atoms with Crippen LogP contribution >= 0.6 is 0 Å². The highest BCUT2D eigenvalue weighted by Gasteiger charge is 2.41. The molecule has 3 fully saturated rings. The van der Waals surface area contributed by atoms with E-state index >= 15 is 0 Å². The summed E-state index contributed by atoms with van der Waals surface area (Å²) in [6, 6.07) is 10.9. The second kappa shape index (κ2) is 9.59. The molecule has 1 aromatic heterocycles. The molecular weight excluding hydrogens is 412 g/mol. The zero-order valence-corrected chi connectivity index (χ0v) is 20.1. The number of piperidine rings is 2. The predicted octanol–water partition coefficient (Wildman–Crippen LogP) is 3.79. The first-order chi connectivity index (χ1) is 16.0. The molecule has 3 saturated heterocycles. The number of likely N-dealkylation sites (tertiary alicyclic amines) is 1. The number of hydrogen-bond acceptors (Lipinski definition) is 4. The summed E-state index contributed by atoms with van der Waals surface area (Å²) in [4.78, 5) is 31.8. The Balaban J connectivity index is 1.26. The van der Waals surface area contributed by atoms with Crippen molar-refractivity contribution in [2.45, 2.75) is 83.0 Å². The SMILES string of the molecule is CC(C)n1c(=O)c(C(=O)NC2C[C@H]3CC[C@@H](C2)N3CCN2CCCCC2)cc2ccccc21. The highest BCUT2D eigenvalue weighted by Crippen LogP contribution is 2.35. The average Bonchev–Trinajstić information content (AvgIpc) is 3.05. The van der Waals surface area contributed by atoms with E-state index in [0.717, 1.165) is 30.3 Å². The summed E-state index contributed by atoms with van der Waals surface area (Å²) in [5.41, 5.74) is 0.958. The maximum Gasteiger partial charge on any atom is 0.264 e. The fourth-order valence-corrected chi connectivity index (χ4v) is 6.42. The number of para-hydroxylation sites is 1. The maximum atomic E-state index is 13.3. The van der Waals surface area contributed by atoms with Crippen LogP contribution in [0.4, 0.5) is 0 Å². The molecule has 0 aliphatic carbocycles. The van der Waals surface area contributed by atoms with Gasteiger partial charge in [-0.15, -0.1) is 0 Å². The molecule has 3 aliphatic heterocycles. The molecule has 4 heterocycles. The van der Waals surface area contributed by atoms with Crippen LogP contribution in [0.2, 0.25) is 0 Å². The van der Waals surface area contributed by atoms with E-state index in [4.69, 9.17) is 0 Å².